The van der Waals surface area contributed by atoms with Crippen molar-refractivity contribution in [2.75, 3.05) is 26.2 Å². The van der Waals surface area contributed by atoms with Crippen LogP contribution in [0.1, 0.15) is 36.2 Å². The molecule has 0 atom stereocenters. The van der Waals surface area contributed by atoms with Gasteiger partial charge in [-0.25, -0.2) is 5.10 Å². The number of aromatic nitrogens is 2. The molecule has 0 aromatic carbocycles. The molecule has 1 saturated heterocycles. The Balaban J connectivity index is 1.58. The second-order valence-electron chi connectivity index (χ2n) is 5.57. The molecule has 1 aliphatic carbocycles. The van der Waals surface area contributed by atoms with Crippen molar-refractivity contribution >= 4 is 5.91 Å². The second-order valence-corrected chi connectivity index (χ2v) is 5.57. The van der Waals surface area contributed by atoms with Gasteiger partial charge in [0, 0.05) is 38.3 Å². The van der Waals surface area contributed by atoms with Gasteiger partial charge in [-0.3, -0.25) is 14.5 Å². The summed E-state index contributed by atoms with van der Waals surface area (Å²) in [5.41, 5.74) is 0.0338. The van der Waals surface area contributed by atoms with E-state index in [0.29, 0.717) is 5.69 Å². The van der Waals surface area contributed by atoms with Crippen molar-refractivity contribution in [1.29, 1.82) is 0 Å². The molecule has 1 N–H and O–H groups in total. The minimum Gasteiger partial charge on any atom is -0.335 e. The predicted octanol–water partition coefficient (Wildman–Crippen LogP) is 0.470. The van der Waals surface area contributed by atoms with Gasteiger partial charge >= 0.3 is 0 Å². The highest BCUT2D eigenvalue weighted by Crippen LogP contribution is 2.24. The van der Waals surface area contributed by atoms with Crippen molar-refractivity contribution in [2.24, 2.45) is 0 Å². The van der Waals surface area contributed by atoms with E-state index in [1.165, 1.54) is 37.8 Å². The van der Waals surface area contributed by atoms with Crippen LogP contribution in [0.3, 0.4) is 0 Å². The largest absolute Gasteiger partial charge is 0.335 e. The van der Waals surface area contributed by atoms with Gasteiger partial charge in [-0.15, -0.1) is 0 Å². The van der Waals surface area contributed by atoms with Crippen molar-refractivity contribution in [1.82, 2.24) is 20.0 Å². The summed E-state index contributed by atoms with van der Waals surface area (Å²) < 4.78 is 0. The molecule has 0 spiro atoms. The lowest BCUT2D eigenvalue weighted by Gasteiger charge is -2.37. The molecule has 1 aromatic heterocycles. The van der Waals surface area contributed by atoms with Gasteiger partial charge in [-0.2, -0.15) is 5.10 Å². The van der Waals surface area contributed by atoms with E-state index >= 15 is 0 Å². The third-order valence-electron chi connectivity index (χ3n) is 4.34. The first-order valence-electron chi connectivity index (χ1n) is 7.33. The number of H-pyrrole nitrogens is 1. The highest BCUT2D eigenvalue weighted by Gasteiger charge is 2.28. The molecule has 2 fully saturated rings. The van der Waals surface area contributed by atoms with E-state index in [1.807, 2.05) is 4.90 Å². The van der Waals surface area contributed by atoms with Crippen molar-refractivity contribution in [3.63, 3.8) is 0 Å². The summed E-state index contributed by atoms with van der Waals surface area (Å²) in [4.78, 5) is 27.6. The van der Waals surface area contributed by atoms with E-state index in [1.54, 1.807) is 0 Å². The Morgan fingerprint density at radius 1 is 1.15 bits per heavy atom. The molecule has 0 bridgehead atoms. The zero-order valence-electron chi connectivity index (χ0n) is 11.5. The zero-order chi connectivity index (χ0) is 13.9. The zero-order valence-corrected chi connectivity index (χ0v) is 11.5. The van der Waals surface area contributed by atoms with Crippen LogP contribution in [0.2, 0.25) is 0 Å². The average molecular weight is 276 g/mol. The van der Waals surface area contributed by atoms with Crippen LogP contribution in [0, 0.1) is 0 Å². The number of piperazine rings is 1. The SMILES string of the molecule is O=C(c1ccc(=O)[nH]n1)N1CCN(C2CCCC2)CC1. The quantitative estimate of drug-likeness (QED) is 0.852. The van der Waals surface area contributed by atoms with Crippen LogP contribution < -0.4 is 5.56 Å². The number of hydrogen-bond donors (Lipinski definition) is 1. The number of rotatable bonds is 2. The van der Waals surface area contributed by atoms with Crippen LogP contribution in [-0.4, -0.2) is 58.1 Å². The number of aromatic amines is 1. The molecule has 1 aliphatic heterocycles. The second kappa shape index (κ2) is 5.75. The molecule has 1 saturated carbocycles. The van der Waals surface area contributed by atoms with E-state index in [0.717, 1.165) is 32.2 Å². The van der Waals surface area contributed by atoms with Crippen LogP contribution in [-0.2, 0) is 0 Å². The number of nitrogens with one attached hydrogen (secondary N) is 1. The fourth-order valence-electron chi connectivity index (χ4n) is 3.19. The van der Waals surface area contributed by atoms with Gasteiger partial charge in [0.05, 0.1) is 0 Å². The van der Waals surface area contributed by atoms with Crippen molar-refractivity contribution in [2.45, 2.75) is 31.7 Å². The molecule has 1 amide bonds. The van der Waals surface area contributed by atoms with Crippen LogP contribution in [0.5, 0.6) is 0 Å². The number of carbonyl (C=O) groups is 1. The molecule has 20 heavy (non-hydrogen) atoms. The first-order chi connectivity index (χ1) is 9.74. The molecule has 3 rings (SSSR count). The highest BCUT2D eigenvalue weighted by atomic mass is 16.2. The molecule has 2 heterocycles. The maximum absolute atomic E-state index is 12.3. The highest BCUT2D eigenvalue weighted by molar-refractivity contribution is 5.92. The lowest BCUT2D eigenvalue weighted by Crippen LogP contribution is -2.51. The lowest BCUT2D eigenvalue weighted by molar-refractivity contribution is 0.0567. The summed E-state index contributed by atoms with van der Waals surface area (Å²) in [6.07, 6.45) is 5.28. The smallest absolute Gasteiger partial charge is 0.274 e. The molecule has 6 nitrogen and oxygen atoms in total. The summed E-state index contributed by atoms with van der Waals surface area (Å²) in [5, 5.41) is 6.12. The van der Waals surface area contributed by atoms with E-state index in [2.05, 4.69) is 15.1 Å². The normalized spacial score (nSPS) is 21.3. The van der Waals surface area contributed by atoms with Crippen LogP contribution in [0.4, 0.5) is 0 Å². The van der Waals surface area contributed by atoms with E-state index in [9.17, 15) is 9.59 Å². The minimum atomic E-state index is -0.285. The number of amides is 1. The van der Waals surface area contributed by atoms with Crippen LogP contribution in [0.15, 0.2) is 16.9 Å². The molecular formula is C14H20N4O2. The Labute approximate surface area is 117 Å². The van der Waals surface area contributed by atoms with E-state index in [-0.39, 0.29) is 11.5 Å². The summed E-state index contributed by atoms with van der Waals surface area (Å²) in [6, 6.07) is 3.55. The Hall–Kier alpha value is -1.69. The topological polar surface area (TPSA) is 69.3 Å². The Morgan fingerprint density at radius 2 is 1.85 bits per heavy atom. The fraction of sp³-hybridized carbons (Fsp3) is 0.643. The van der Waals surface area contributed by atoms with Gasteiger partial charge in [-0.05, 0) is 18.9 Å². The standard InChI is InChI=1S/C14H20N4O2/c19-13-6-5-12(15-16-13)14(20)18-9-7-17(8-10-18)11-3-1-2-4-11/h5-6,11H,1-4,7-10H2,(H,16,19). The maximum Gasteiger partial charge on any atom is 0.274 e. The third-order valence-corrected chi connectivity index (χ3v) is 4.34. The molecule has 2 aliphatic rings. The van der Waals surface area contributed by atoms with Crippen molar-refractivity contribution in [3.8, 4) is 0 Å². The Bertz CT molecular complexity index is 508. The minimum absolute atomic E-state index is 0.0904. The molecular weight excluding hydrogens is 256 g/mol. The van der Waals surface area contributed by atoms with Gasteiger partial charge in [-0.1, -0.05) is 12.8 Å². The summed E-state index contributed by atoms with van der Waals surface area (Å²) in [7, 11) is 0. The predicted molar refractivity (Wildman–Crippen MR) is 74.6 cm³/mol. The van der Waals surface area contributed by atoms with Crippen molar-refractivity contribution < 1.29 is 4.79 Å². The van der Waals surface area contributed by atoms with Gasteiger partial charge in [0.2, 0.25) is 0 Å². The van der Waals surface area contributed by atoms with E-state index < -0.39 is 0 Å². The summed E-state index contributed by atoms with van der Waals surface area (Å²) in [5.74, 6) is -0.0904. The molecule has 108 valence electrons. The van der Waals surface area contributed by atoms with Crippen LogP contribution in [0.25, 0.3) is 0 Å². The monoisotopic (exact) mass is 276 g/mol. The van der Waals surface area contributed by atoms with Gasteiger partial charge in [0.15, 0.2) is 0 Å². The van der Waals surface area contributed by atoms with Gasteiger partial charge < -0.3 is 4.90 Å². The Kier molecular flexibility index (Phi) is 3.82. The third kappa shape index (κ3) is 2.75. The fourth-order valence-corrected chi connectivity index (χ4v) is 3.19. The molecule has 0 radical (unpaired) electrons. The molecule has 6 heteroatoms. The van der Waals surface area contributed by atoms with Gasteiger partial charge in [0.25, 0.3) is 11.5 Å². The maximum atomic E-state index is 12.3. The first-order valence-corrected chi connectivity index (χ1v) is 7.33. The average Bonchev–Trinajstić information content (AvgIpc) is 3.02. The number of hydrogen-bond acceptors (Lipinski definition) is 4. The van der Waals surface area contributed by atoms with Gasteiger partial charge in [0.1, 0.15) is 5.69 Å². The number of nitrogens with zero attached hydrogens (tertiary/aromatic N) is 3. The van der Waals surface area contributed by atoms with E-state index in [4.69, 9.17) is 0 Å². The van der Waals surface area contributed by atoms with Crippen molar-refractivity contribution in [3.05, 3.63) is 28.2 Å². The Morgan fingerprint density at radius 3 is 2.45 bits per heavy atom. The lowest BCUT2D eigenvalue weighted by atomic mass is 10.1. The summed E-state index contributed by atoms with van der Waals surface area (Å²) >= 11 is 0. The molecule has 1 aromatic rings. The summed E-state index contributed by atoms with van der Waals surface area (Å²) in [6.45, 7) is 3.38. The van der Waals surface area contributed by atoms with Crippen LogP contribution >= 0.6 is 0 Å². The first kappa shape index (κ1) is 13.3. The number of carbonyl (C=O) groups excluding carboxylic acids is 1. The molecule has 0 unspecified atom stereocenters.